The molecule has 8 heteroatoms. The largest absolute Gasteiger partial charge is 0.490 e. The summed E-state index contributed by atoms with van der Waals surface area (Å²) in [6.45, 7) is 1.06. The van der Waals surface area contributed by atoms with Gasteiger partial charge in [0.2, 0.25) is 6.79 Å². The molecule has 0 spiro atoms. The number of thiocarbonyl (C=S) groups is 1. The van der Waals surface area contributed by atoms with Gasteiger partial charge in [0.25, 0.3) is 5.91 Å². The number of nitrogens with zero attached hydrogens (tertiary/aromatic N) is 1. The fraction of sp³-hybridized carbons (Fsp3) is 0.120. The van der Waals surface area contributed by atoms with E-state index in [1.165, 1.54) is 16.7 Å². The number of carbonyl (C=O) groups excluding carboxylic acids is 1. The zero-order valence-corrected chi connectivity index (χ0v) is 19.1. The van der Waals surface area contributed by atoms with Crippen LogP contribution in [0.25, 0.3) is 6.08 Å². The molecule has 0 atom stereocenters. The molecule has 6 nitrogen and oxygen atoms in total. The minimum absolute atomic E-state index is 0.165. The van der Waals surface area contributed by atoms with Crippen LogP contribution in [0, 0.1) is 0 Å². The number of thioether (sulfide) groups is 1. The highest BCUT2D eigenvalue weighted by Crippen LogP contribution is 2.40. The van der Waals surface area contributed by atoms with E-state index in [9.17, 15) is 4.79 Å². The molecule has 0 aromatic heterocycles. The van der Waals surface area contributed by atoms with E-state index in [2.05, 4.69) is 0 Å². The Morgan fingerprint density at radius 1 is 0.909 bits per heavy atom. The van der Waals surface area contributed by atoms with Crippen LogP contribution in [0.15, 0.2) is 77.7 Å². The van der Waals surface area contributed by atoms with Crippen molar-refractivity contribution in [1.82, 2.24) is 0 Å². The number of rotatable bonds is 7. The van der Waals surface area contributed by atoms with E-state index in [-0.39, 0.29) is 12.7 Å². The van der Waals surface area contributed by atoms with E-state index in [4.69, 9.17) is 31.2 Å². The van der Waals surface area contributed by atoms with Crippen molar-refractivity contribution in [2.24, 2.45) is 0 Å². The van der Waals surface area contributed by atoms with E-state index in [1.807, 2.05) is 60.7 Å². The number of fused-ring (bicyclic) bond motifs is 1. The maximum absolute atomic E-state index is 13.0. The third-order valence-electron chi connectivity index (χ3n) is 4.95. The minimum atomic E-state index is -0.165. The molecule has 3 aromatic rings. The Kier molecular flexibility index (Phi) is 6.19. The van der Waals surface area contributed by atoms with Gasteiger partial charge in [0, 0.05) is 6.07 Å². The summed E-state index contributed by atoms with van der Waals surface area (Å²) in [6.07, 6.45) is 1.83. The van der Waals surface area contributed by atoms with Gasteiger partial charge >= 0.3 is 0 Å². The van der Waals surface area contributed by atoms with Crippen LogP contribution in [0.4, 0.5) is 5.69 Å². The summed E-state index contributed by atoms with van der Waals surface area (Å²) in [4.78, 5) is 15.1. The summed E-state index contributed by atoms with van der Waals surface area (Å²) in [5.74, 6) is 2.65. The van der Waals surface area contributed by atoms with Crippen molar-refractivity contribution in [3.63, 3.8) is 0 Å². The van der Waals surface area contributed by atoms with Crippen LogP contribution in [0.5, 0.6) is 23.0 Å². The Morgan fingerprint density at radius 3 is 2.36 bits per heavy atom. The molecule has 0 aliphatic carbocycles. The molecule has 0 radical (unpaired) electrons. The van der Waals surface area contributed by atoms with Crippen LogP contribution in [-0.4, -0.2) is 30.2 Å². The van der Waals surface area contributed by atoms with Gasteiger partial charge < -0.3 is 18.9 Å². The maximum atomic E-state index is 13.0. The third kappa shape index (κ3) is 4.81. The van der Waals surface area contributed by atoms with E-state index in [0.717, 1.165) is 17.1 Å². The average molecular weight is 478 g/mol. The van der Waals surface area contributed by atoms with Crippen LogP contribution < -0.4 is 23.8 Å². The Balaban J connectivity index is 1.20. The fourth-order valence-electron chi connectivity index (χ4n) is 3.36. The molecule has 33 heavy (non-hydrogen) atoms. The number of benzene rings is 3. The Labute approximate surface area is 200 Å². The summed E-state index contributed by atoms with van der Waals surface area (Å²) in [5.41, 5.74) is 1.54. The van der Waals surface area contributed by atoms with Gasteiger partial charge in [-0.1, -0.05) is 54.3 Å². The van der Waals surface area contributed by atoms with Gasteiger partial charge in [-0.2, -0.15) is 0 Å². The highest BCUT2D eigenvalue weighted by molar-refractivity contribution is 8.27. The number of para-hydroxylation sites is 1. The molecule has 2 aliphatic heterocycles. The first kappa shape index (κ1) is 21.4. The van der Waals surface area contributed by atoms with Crippen LogP contribution in [0.3, 0.4) is 0 Å². The first-order valence-electron chi connectivity index (χ1n) is 10.3. The zero-order chi connectivity index (χ0) is 22.6. The number of amides is 1. The molecule has 2 aliphatic rings. The number of ether oxygens (including phenoxy) is 4. The monoisotopic (exact) mass is 477 g/mol. The van der Waals surface area contributed by atoms with Crippen molar-refractivity contribution < 1.29 is 23.7 Å². The van der Waals surface area contributed by atoms with Crippen LogP contribution >= 0.6 is 24.0 Å². The van der Waals surface area contributed by atoms with Crippen LogP contribution in [-0.2, 0) is 4.79 Å². The lowest BCUT2D eigenvalue weighted by molar-refractivity contribution is -0.113. The second-order valence-electron chi connectivity index (χ2n) is 7.13. The average Bonchev–Trinajstić information content (AvgIpc) is 3.41. The molecule has 5 rings (SSSR count). The van der Waals surface area contributed by atoms with Crippen molar-refractivity contribution in [1.29, 1.82) is 0 Å². The second kappa shape index (κ2) is 9.56. The fourth-order valence-corrected chi connectivity index (χ4v) is 4.66. The van der Waals surface area contributed by atoms with Gasteiger partial charge in [-0.3, -0.25) is 9.69 Å². The first-order valence-corrected chi connectivity index (χ1v) is 11.5. The maximum Gasteiger partial charge on any atom is 0.270 e. The zero-order valence-electron chi connectivity index (χ0n) is 17.4. The SMILES string of the molecule is O=C1/C(=C\c2ccc(OCCOc3ccccc3)cc2)SC(=S)N1c1ccc2c(c1)OCO2. The minimum Gasteiger partial charge on any atom is -0.490 e. The molecule has 0 saturated carbocycles. The third-order valence-corrected chi connectivity index (χ3v) is 6.25. The predicted octanol–water partition coefficient (Wildman–Crippen LogP) is 5.28. The second-order valence-corrected chi connectivity index (χ2v) is 8.81. The predicted molar refractivity (Wildman–Crippen MR) is 132 cm³/mol. The van der Waals surface area contributed by atoms with Gasteiger partial charge in [0.05, 0.1) is 10.6 Å². The molecule has 1 saturated heterocycles. The Hall–Kier alpha value is -3.49. The summed E-state index contributed by atoms with van der Waals surface area (Å²) in [6, 6.07) is 22.5. The Bertz CT molecular complexity index is 1210. The Morgan fingerprint density at radius 2 is 1.61 bits per heavy atom. The number of anilines is 1. The molecule has 0 unspecified atom stereocenters. The lowest BCUT2D eigenvalue weighted by Crippen LogP contribution is -2.27. The van der Waals surface area contributed by atoms with Crippen molar-refractivity contribution >= 4 is 46.0 Å². The van der Waals surface area contributed by atoms with Gasteiger partial charge in [-0.05, 0) is 48.0 Å². The van der Waals surface area contributed by atoms with Gasteiger partial charge in [-0.15, -0.1) is 0 Å². The number of hydrogen-bond donors (Lipinski definition) is 0. The lowest BCUT2D eigenvalue weighted by atomic mass is 10.2. The molecule has 1 fully saturated rings. The lowest BCUT2D eigenvalue weighted by Gasteiger charge is -2.14. The molecule has 166 valence electrons. The quantitative estimate of drug-likeness (QED) is 0.261. The van der Waals surface area contributed by atoms with Crippen LogP contribution in [0.2, 0.25) is 0 Å². The van der Waals surface area contributed by atoms with E-state index in [1.54, 1.807) is 18.2 Å². The van der Waals surface area contributed by atoms with Gasteiger partial charge in [0.1, 0.15) is 24.7 Å². The number of carbonyl (C=O) groups is 1. The molecule has 3 aromatic carbocycles. The van der Waals surface area contributed by atoms with Crippen LogP contribution in [0.1, 0.15) is 5.56 Å². The standard InChI is InChI=1S/C25H19NO5S2/c27-24-23(33-25(32)26(24)18-8-11-21-22(15-18)31-16-30-21)14-17-6-9-20(10-7-17)29-13-12-28-19-4-2-1-3-5-19/h1-11,14-15H,12-13,16H2/b23-14+. The number of hydrogen-bond acceptors (Lipinski definition) is 7. The topological polar surface area (TPSA) is 57.2 Å². The molecule has 0 bridgehead atoms. The van der Waals surface area contributed by atoms with E-state index in [0.29, 0.717) is 39.6 Å². The van der Waals surface area contributed by atoms with E-state index < -0.39 is 0 Å². The van der Waals surface area contributed by atoms with Crippen molar-refractivity contribution in [3.8, 4) is 23.0 Å². The van der Waals surface area contributed by atoms with Crippen molar-refractivity contribution in [3.05, 3.63) is 83.3 Å². The summed E-state index contributed by atoms with van der Waals surface area (Å²) < 4.78 is 22.6. The highest BCUT2D eigenvalue weighted by Gasteiger charge is 2.34. The first-order chi connectivity index (χ1) is 16.2. The molecule has 1 amide bonds. The van der Waals surface area contributed by atoms with Gasteiger partial charge in [-0.25, -0.2) is 0 Å². The van der Waals surface area contributed by atoms with Gasteiger partial charge in [0.15, 0.2) is 15.8 Å². The highest BCUT2D eigenvalue weighted by atomic mass is 32.2. The molecule has 0 N–H and O–H groups in total. The summed E-state index contributed by atoms with van der Waals surface area (Å²) in [7, 11) is 0. The molecule has 2 heterocycles. The molecular formula is C25H19NO5S2. The van der Waals surface area contributed by atoms with Crippen molar-refractivity contribution in [2.45, 2.75) is 0 Å². The molecular weight excluding hydrogens is 458 g/mol. The van der Waals surface area contributed by atoms with Crippen molar-refractivity contribution in [2.75, 3.05) is 24.9 Å². The summed E-state index contributed by atoms with van der Waals surface area (Å²) in [5, 5.41) is 0. The summed E-state index contributed by atoms with van der Waals surface area (Å²) >= 11 is 6.73. The normalized spacial score (nSPS) is 15.9. The smallest absolute Gasteiger partial charge is 0.270 e. The van der Waals surface area contributed by atoms with E-state index >= 15 is 0 Å².